The Kier molecular flexibility index (Phi) is 7.45. The van der Waals surface area contributed by atoms with Crippen LogP contribution < -0.4 is 10.6 Å². The first-order valence-electron chi connectivity index (χ1n) is 9.31. The molecule has 0 radical (unpaired) electrons. The number of hydrogen-bond donors (Lipinski definition) is 7. The summed E-state index contributed by atoms with van der Waals surface area (Å²) in [5.74, 6) is 0. The molecule has 0 aliphatic carbocycles. The van der Waals surface area contributed by atoms with Crippen LogP contribution >= 0.6 is 7.82 Å². The number of nitrogens with one attached hydrogen (secondary N) is 3. The van der Waals surface area contributed by atoms with E-state index in [-0.39, 0.29) is 12.8 Å². The van der Waals surface area contributed by atoms with Gasteiger partial charge in [-0.2, -0.15) is 0 Å². The fourth-order valence-corrected chi connectivity index (χ4v) is 3.46. The van der Waals surface area contributed by atoms with Crippen LogP contribution in [0.2, 0.25) is 0 Å². The molecule has 0 bridgehead atoms. The van der Waals surface area contributed by atoms with E-state index in [0.717, 1.165) is 22.4 Å². The van der Waals surface area contributed by atoms with E-state index >= 15 is 0 Å². The summed E-state index contributed by atoms with van der Waals surface area (Å²) in [6.07, 6.45) is 3.19. The first-order valence-corrected chi connectivity index (χ1v) is 10.8. The Morgan fingerprint density at radius 1 is 1.13 bits per heavy atom. The number of phosphoric acid groups is 1. The van der Waals surface area contributed by atoms with Crippen molar-refractivity contribution in [2.45, 2.75) is 18.4 Å². The van der Waals surface area contributed by atoms with E-state index in [1.165, 1.54) is 0 Å². The monoisotopic (exact) mass is 439 g/mol. The van der Waals surface area contributed by atoms with Crippen molar-refractivity contribution in [2.24, 2.45) is 0 Å². The number of aliphatic hydroxyl groups is 2. The van der Waals surface area contributed by atoms with Gasteiger partial charge in [-0.3, -0.25) is 4.52 Å². The summed E-state index contributed by atoms with van der Waals surface area (Å²) >= 11 is 0. The van der Waals surface area contributed by atoms with E-state index in [0.29, 0.717) is 6.61 Å². The minimum Gasteiger partial charge on any atom is -0.394 e. The second kappa shape index (κ2) is 9.86. The maximum atomic E-state index is 11.0. The van der Waals surface area contributed by atoms with Gasteiger partial charge in [0.25, 0.3) is 0 Å². The van der Waals surface area contributed by atoms with Gasteiger partial charge in [0.05, 0.1) is 37.7 Å². The number of H-pyrrole nitrogens is 1. The van der Waals surface area contributed by atoms with Gasteiger partial charge in [0.2, 0.25) is 0 Å². The van der Waals surface area contributed by atoms with Crippen LogP contribution in [0.1, 0.15) is 23.0 Å². The second-order valence-corrected chi connectivity index (χ2v) is 8.27. The number of aromatic amines is 1. The lowest BCUT2D eigenvalue weighted by Gasteiger charge is -2.32. The van der Waals surface area contributed by atoms with Gasteiger partial charge in [0, 0.05) is 30.1 Å². The van der Waals surface area contributed by atoms with Crippen LogP contribution in [0.4, 0.5) is 0 Å². The predicted octanol–water partition coefficient (Wildman–Crippen LogP) is 0.596. The molecule has 11 heteroatoms. The van der Waals surface area contributed by atoms with Crippen molar-refractivity contribution in [1.29, 1.82) is 0 Å². The molecule has 3 rings (SSSR count). The molecule has 0 saturated heterocycles. The van der Waals surface area contributed by atoms with Crippen molar-refractivity contribution in [3.63, 3.8) is 0 Å². The highest BCUT2D eigenvalue weighted by molar-refractivity contribution is 7.46. The van der Waals surface area contributed by atoms with Crippen LogP contribution in [0, 0.1) is 0 Å². The number of aromatic nitrogens is 1. The van der Waals surface area contributed by atoms with Crippen LogP contribution in [-0.4, -0.2) is 56.9 Å². The number of benzene rings is 1. The largest absolute Gasteiger partial charge is 0.469 e. The summed E-state index contributed by atoms with van der Waals surface area (Å²) in [7, 11) is -4.74. The van der Waals surface area contributed by atoms with Crippen molar-refractivity contribution in [3.05, 3.63) is 65.6 Å². The molecular weight excluding hydrogens is 413 g/mol. The van der Waals surface area contributed by atoms with Gasteiger partial charge in [-0.15, -0.1) is 0 Å². The van der Waals surface area contributed by atoms with Gasteiger partial charge in [-0.25, -0.2) is 4.57 Å². The van der Waals surface area contributed by atoms with Gasteiger partial charge >= 0.3 is 7.82 Å². The maximum absolute atomic E-state index is 11.0. The highest BCUT2D eigenvalue weighted by Crippen LogP contribution is 2.37. The summed E-state index contributed by atoms with van der Waals surface area (Å²) in [5, 5.41) is 25.4. The van der Waals surface area contributed by atoms with E-state index in [9.17, 15) is 14.8 Å². The molecule has 1 unspecified atom stereocenters. The third-order valence-electron chi connectivity index (χ3n) is 4.82. The Bertz CT molecular complexity index is 893. The molecule has 1 aromatic carbocycles. The van der Waals surface area contributed by atoms with Gasteiger partial charge in [-0.1, -0.05) is 30.3 Å². The van der Waals surface area contributed by atoms with Gasteiger partial charge in [0.15, 0.2) is 6.23 Å². The molecule has 30 heavy (non-hydrogen) atoms. The van der Waals surface area contributed by atoms with Crippen molar-refractivity contribution in [3.8, 4) is 0 Å². The topological polar surface area (TPSA) is 156 Å². The maximum Gasteiger partial charge on any atom is 0.469 e. The Labute approximate surface area is 173 Å². The molecule has 2 heterocycles. The molecule has 2 aromatic rings. The smallest absolute Gasteiger partial charge is 0.394 e. The molecule has 0 amide bonds. The van der Waals surface area contributed by atoms with Gasteiger partial charge in [-0.05, 0) is 11.6 Å². The van der Waals surface area contributed by atoms with E-state index in [4.69, 9.17) is 14.5 Å². The fourth-order valence-electron chi connectivity index (χ4n) is 3.04. The summed E-state index contributed by atoms with van der Waals surface area (Å²) in [4.78, 5) is 21.0. The molecule has 0 spiro atoms. The first kappa shape index (κ1) is 22.7. The average Bonchev–Trinajstić information content (AvgIpc) is 3.24. The van der Waals surface area contributed by atoms with Crippen LogP contribution in [0.5, 0.6) is 0 Å². The summed E-state index contributed by atoms with van der Waals surface area (Å²) in [6.45, 7) is -1.10. The molecular formula is C19H26N3O7P. The second-order valence-electron chi connectivity index (χ2n) is 7.04. The molecule has 1 aliphatic rings. The predicted molar refractivity (Wildman–Crippen MR) is 109 cm³/mol. The lowest BCUT2D eigenvalue weighted by atomic mass is 10.0. The molecule has 10 nitrogen and oxygen atoms in total. The number of hydrogen-bond acceptors (Lipinski definition) is 7. The van der Waals surface area contributed by atoms with E-state index in [2.05, 4.69) is 20.1 Å². The first-order chi connectivity index (χ1) is 14.4. The van der Waals surface area contributed by atoms with E-state index in [1.54, 1.807) is 12.4 Å². The zero-order valence-electron chi connectivity index (χ0n) is 16.2. The van der Waals surface area contributed by atoms with E-state index < -0.39 is 33.2 Å². The highest BCUT2D eigenvalue weighted by Gasteiger charge is 2.33. The Morgan fingerprint density at radius 2 is 1.87 bits per heavy atom. The van der Waals surface area contributed by atoms with Crippen molar-refractivity contribution < 1.29 is 33.8 Å². The van der Waals surface area contributed by atoms with Crippen LogP contribution in [0.3, 0.4) is 0 Å². The highest BCUT2D eigenvalue weighted by atomic mass is 31.2. The molecule has 0 saturated carbocycles. The Balaban J connectivity index is 1.64. The van der Waals surface area contributed by atoms with Gasteiger partial charge in [0.1, 0.15) is 0 Å². The Morgan fingerprint density at radius 3 is 2.53 bits per heavy atom. The number of rotatable bonds is 11. The average molecular weight is 439 g/mol. The summed E-state index contributed by atoms with van der Waals surface area (Å²) < 4.78 is 21.5. The SMILES string of the molecule is O=P(O)(O)OCC(CO)(CO)NCC1=CNC(OCc2ccccc2)c2cc[nH]c21. The number of aliphatic hydroxyl groups excluding tert-OH is 2. The number of phosphoric ester groups is 1. The normalized spacial score (nSPS) is 16.7. The number of ether oxygens (including phenoxy) is 1. The lowest BCUT2D eigenvalue weighted by molar-refractivity contribution is 0.0241. The zero-order valence-corrected chi connectivity index (χ0v) is 17.1. The standard InChI is InChI=1S/C19H26N3O7P/c23-11-19(12-24,13-29-30(25,26)27)22-9-15-8-21-18(16-6-7-20-17(15)16)28-10-14-4-2-1-3-5-14/h1-8,18,20-24H,9-13H2,(H2,25,26,27). The minimum absolute atomic E-state index is 0.192. The van der Waals surface area contributed by atoms with E-state index in [1.807, 2.05) is 36.4 Å². The Hall–Kier alpha value is -2.01. The van der Waals surface area contributed by atoms with Crippen molar-refractivity contribution in [2.75, 3.05) is 26.4 Å². The molecule has 1 atom stereocenters. The zero-order chi connectivity index (χ0) is 21.6. The lowest BCUT2D eigenvalue weighted by Crippen LogP contribution is -2.55. The summed E-state index contributed by atoms with van der Waals surface area (Å²) in [6, 6.07) is 11.7. The van der Waals surface area contributed by atoms with Crippen molar-refractivity contribution in [1.82, 2.24) is 15.6 Å². The van der Waals surface area contributed by atoms with Crippen molar-refractivity contribution >= 4 is 13.4 Å². The fraction of sp³-hybridized carbons (Fsp3) is 0.368. The third-order valence-corrected chi connectivity index (χ3v) is 5.28. The van der Waals surface area contributed by atoms with Crippen LogP contribution in [0.25, 0.3) is 5.57 Å². The molecule has 1 aromatic heterocycles. The van der Waals surface area contributed by atoms with Crippen LogP contribution in [-0.2, 0) is 20.4 Å². The molecule has 0 fully saturated rings. The summed E-state index contributed by atoms with van der Waals surface area (Å²) in [5.41, 5.74) is 2.14. The van der Waals surface area contributed by atoms with Gasteiger partial charge < -0.3 is 40.4 Å². The quantitative estimate of drug-likeness (QED) is 0.249. The molecule has 164 valence electrons. The molecule has 7 N–H and O–H groups in total. The minimum atomic E-state index is -4.74. The van der Waals surface area contributed by atoms with Crippen LogP contribution in [0.15, 0.2) is 48.8 Å². The molecule has 1 aliphatic heterocycles. The third kappa shape index (κ3) is 5.78. The number of fused-ring (bicyclic) bond motifs is 1.